The lowest BCUT2D eigenvalue weighted by Crippen LogP contribution is -2.51. The highest BCUT2D eigenvalue weighted by Gasteiger charge is 2.40. The van der Waals surface area contributed by atoms with Crippen LogP contribution >= 0.6 is 0 Å². The highest BCUT2D eigenvalue weighted by Crippen LogP contribution is 2.48. The molecule has 5 heterocycles. The third kappa shape index (κ3) is 9.73. The number of aromatic nitrogens is 4. The molecule has 2 aromatic heterocycles. The van der Waals surface area contributed by atoms with Gasteiger partial charge in [-0.2, -0.15) is 0 Å². The van der Waals surface area contributed by atoms with Crippen LogP contribution in [0.4, 0.5) is 15.3 Å². The number of carbonyl (C=O) groups excluding carboxylic acids is 4. The number of fused-ring (bicyclic) bond motifs is 1. The van der Waals surface area contributed by atoms with Crippen LogP contribution in [0, 0.1) is 11.8 Å². The summed E-state index contributed by atoms with van der Waals surface area (Å²) in [4.78, 5) is 75.1. The first-order valence-electron chi connectivity index (χ1n) is 23.9. The Hall–Kier alpha value is -6.38. The van der Waals surface area contributed by atoms with Crippen molar-refractivity contribution in [2.24, 2.45) is 11.8 Å². The van der Waals surface area contributed by atoms with E-state index in [4.69, 9.17) is 19.4 Å². The van der Waals surface area contributed by atoms with Crippen molar-refractivity contribution >= 4 is 40.7 Å². The van der Waals surface area contributed by atoms with Gasteiger partial charge in [0.2, 0.25) is 11.8 Å². The molecule has 4 N–H and O–H groups in total. The van der Waals surface area contributed by atoms with Crippen LogP contribution in [0.25, 0.3) is 22.3 Å². The average molecular weight is 914 g/mol. The number of carbonyl (C=O) groups is 4. The molecule has 5 aromatic rings. The molecule has 0 saturated carbocycles. The Morgan fingerprint density at radius 1 is 0.672 bits per heavy atom. The van der Waals surface area contributed by atoms with Gasteiger partial charge in [0.15, 0.2) is 0 Å². The van der Waals surface area contributed by atoms with Crippen LogP contribution in [-0.4, -0.2) is 93.1 Å². The molecule has 0 radical (unpaired) electrons. The maximum absolute atomic E-state index is 13.9. The summed E-state index contributed by atoms with van der Waals surface area (Å²) in [6, 6.07) is 22.6. The van der Waals surface area contributed by atoms with Crippen molar-refractivity contribution in [3.8, 4) is 11.3 Å². The van der Waals surface area contributed by atoms with E-state index < -0.39 is 24.3 Å². The van der Waals surface area contributed by atoms with Gasteiger partial charge in [-0.25, -0.2) is 19.6 Å². The average Bonchev–Trinajstić information content (AvgIpc) is 4.18. The van der Waals surface area contributed by atoms with Crippen molar-refractivity contribution in [2.75, 3.05) is 32.2 Å². The zero-order chi connectivity index (χ0) is 47.7. The molecule has 356 valence electrons. The summed E-state index contributed by atoms with van der Waals surface area (Å²) in [5.41, 5.74) is 8.52. The van der Waals surface area contributed by atoms with E-state index in [0.717, 1.165) is 78.2 Å². The molecule has 3 aromatic carbocycles. The molecule has 0 bridgehead atoms. The predicted octanol–water partition coefficient (Wildman–Crippen LogP) is 9.42. The number of amides is 4. The molecule has 67 heavy (non-hydrogen) atoms. The fourth-order valence-electron chi connectivity index (χ4n) is 10.3. The van der Waals surface area contributed by atoms with Crippen LogP contribution in [0.3, 0.4) is 0 Å². The molecule has 0 unspecified atom stereocenters. The second-order valence-corrected chi connectivity index (χ2v) is 20.1. The quantitative estimate of drug-likeness (QED) is 0.0950. The molecule has 15 heteroatoms. The van der Waals surface area contributed by atoms with Gasteiger partial charge in [0.1, 0.15) is 23.7 Å². The smallest absolute Gasteiger partial charge is 0.407 e. The van der Waals surface area contributed by atoms with Gasteiger partial charge in [-0.1, -0.05) is 90.9 Å². The monoisotopic (exact) mass is 914 g/mol. The third-order valence-electron chi connectivity index (χ3n) is 14.0. The highest BCUT2D eigenvalue weighted by atomic mass is 16.5. The Kier molecular flexibility index (Phi) is 13.7. The molecule has 3 fully saturated rings. The Morgan fingerprint density at radius 2 is 1.21 bits per heavy atom. The molecule has 3 aliphatic heterocycles. The van der Waals surface area contributed by atoms with Gasteiger partial charge < -0.3 is 44.8 Å². The van der Waals surface area contributed by atoms with Crippen molar-refractivity contribution in [1.29, 1.82) is 0 Å². The maximum Gasteiger partial charge on any atom is 0.407 e. The standard InChI is InChI=1S/C52H67N9O6/c1-30(2)44(57-50(64)66-8)48(62)59-26-10-12-42(59)46-53-29-39(56-46)32-14-16-33(17-15-32)40-24-25-41(61(40)36-21-19-35(20-22-36)52(5,6)7)34-18-23-37-38(28-34)55-47(54-37)43-13-11-27-60(43)49(63)45(31(3)4)58-51(65)67-9/h14-23,28-31,40-45H,10-13,24-27H2,1-9H3,(H,53,56)(H,54,55)(H,57,64)(H,58,65)/t40-,41-,42+,43+,44+,45+/m1/s1. The van der Waals surface area contributed by atoms with E-state index in [1.807, 2.05) is 43.7 Å². The number of nitrogens with one attached hydrogen (secondary N) is 4. The number of anilines is 1. The minimum Gasteiger partial charge on any atom is -0.453 e. The van der Waals surface area contributed by atoms with Gasteiger partial charge in [0.25, 0.3) is 0 Å². The zero-order valence-corrected chi connectivity index (χ0v) is 40.4. The summed E-state index contributed by atoms with van der Waals surface area (Å²) in [6.07, 6.45) is 5.75. The number of imidazole rings is 2. The zero-order valence-electron chi connectivity index (χ0n) is 40.4. The van der Waals surface area contributed by atoms with Crippen molar-refractivity contribution in [2.45, 2.75) is 129 Å². The first kappa shape index (κ1) is 47.1. The Balaban J connectivity index is 1.04. The van der Waals surface area contributed by atoms with Gasteiger partial charge in [0, 0.05) is 18.8 Å². The van der Waals surface area contributed by atoms with Gasteiger partial charge in [-0.3, -0.25) is 9.59 Å². The largest absolute Gasteiger partial charge is 0.453 e. The van der Waals surface area contributed by atoms with E-state index in [2.05, 4.69) is 113 Å². The van der Waals surface area contributed by atoms with Gasteiger partial charge >= 0.3 is 12.2 Å². The van der Waals surface area contributed by atoms with Crippen molar-refractivity contribution in [3.63, 3.8) is 0 Å². The second kappa shape index (κ2) is 19.5. The molecule has 4 amide bonds. The summed E-state index contributed by atoms with van der Waals surface area (Å²) in [5, 5.41) is 5.47. The first-order valence-corrected chi connectivity index (χ1v) is 23.9. The predicted molar refractivity (Wildman–Crippen MR) is 258 cm³/mol. The second-order valence-electron chi connectivity index (χ2n) is 20.1. The first-order chi connectivity index (χ1) is 32.1. The summed E-state index contributed by atoms with van der Waals surface area (Å²) in [7, 11) is 2.60. The van der Waals surface area contributed by atoms with E-state index >= 15 is 0 Å². The number of nitrogens with zero attached hydrogens (tertiary/aromatic N) is 5. The number of methoxy groups -OCH3 is 2. The molecular formula is C52H67N9O6. The Morgan fingerprint density at radius 3 is 1.75 bits per heavy atom. The molecule has 0 spiro atoms. The molecular weight excluding hydrogens is 847 g/mol. The summed E-state index contributed by atoms with van der Waals surface area (Å²) < 4.78 is 9.64. The minimum atomic E-state index is -0.702. The molecule has 3 saturated heterocycles. The van der Waals surface area contributed by atoms with Gasteiger partial charge in [0.05, 0.1) is 61.3 Å². The number of aromatic amines is 2. The summed E-state index contributed by atoms with van der Waals surface area (Å²) in [6.45, 7) is 15.6. The van der Waals surface area contributed by atoms with Crippen LogP contribution in [0.5, 0.6) is 0 Å². The lowest BCUT2D eigenvalue weighted by Gasteiger charge is -2.34. The SMILES string of the molecule is COC(=O)N[C@H](C(=O)N1CCC[C@H]1c1ncc(-c2ccc([C@H]3CC[C@H](c4ccc5nc([C@@H]6CCCN6C(=O)[C@@H](NC(=O)OC)C(C)C)[nH]c5c4)N3c3ccc(C(C)(C)C)cc3)cc2)[nH]1)C(C)C. The summed E-state index contributed by atoms with van der Waals surface area (Å²) >= 11 is 0. The van der Waals surface area contributed by atoms with E-state index in [1.54, 1.807) is 0 Å². The molecule has 0 aliphatic carbocycles. The number of hydrogen-bond donors (Lipinski definition) is 4. The normalized spacial score (nSPS) is 20.7. The number of rotatable bonds is 12. The lowest BCUT2D eigenvalue weighted by molar-refractivity contribution is -0.136. The molecule has 3 aliphatic rings. The number of likely N-dealkylation sites (tertiary alicyclic amines) is 2. The van der Waals surface area contributed by atoms with Gasteiger partial charge in [-0.05, 0) is 102 Å². The maximum atomic E-state index is 13.9. The van der Waals surface area contributed by atoms with Crippen LogP contribution in [0.15, 0.2) is 72.9 Å². The van der Waals surface area contributed by atoms with E-state index in [-0.39, 0.29) is 53.2 Å². The van der Waals surface area contributed by atoms with E-state index in [9.17, 15) is 19.2 Å². The lowest BCUT2D eigenvalue weighted by atomic mass is 9.87. The van der Waals surface area contributed by atoms with E-state index in [0.29, 0.717) is 13.1 Å². The van der Waals surface area contributed by atoms with Crippen molar-refractivity contribution in [3.05, 3.63) is 101 Å². The number of ether oxygens (including phenoxy) is 2. The molecule has 8 rings (SSSR count). The minimum absolute atomic E-state index is 0.0188. The topological polar surface area (TPSA) is 178 Å². The Bertz CT molecular complexity index is 2560. The number of alkyl carbamates (subject to hydrolysis) is 2. The summed E-state index contributed by atoms with van der Waals surface area (Å²) in [5.74, 6) is 0.988. The van der Waals surface area contributed by atoms with E-state index in [1.165, 1.54) is 30.9 Å². The van der Waals surface area contributed by atoms with Gasteiger partial charge in [-0.15, -0.1) is 0 Å². The fourth-order valence-corrected chi connectivity index (χ4v) is 10.3. The number of H-pyrrole nitrogens is 2. The molecule has 15 nitrogen and oxygen atoms in total. The number of hydrogen-bond acceptors (Lipinski definition) is 9. The van der Waals surface area contributed by atoms with Crippen LogP contribution in [-0.2, 0) is 24.5 Å². The van der Waals surface area contributed by atoms with Crippen molar-refractivity contribution in [1.82, 2.24) is 40.4 Å². The number of benzene rings is 3. The highest BCUT2D eigenvalue weighted by molar-refractivity contribution is 5.87. The van der Waals surface area contributed by atoms with Crippen LogP contribution in [0.2, 0.25) is 0 Å². The fraction of sp³-hybridized carbons (Fsp3) is 0.500. The van der Waals surface area contributed by atoms with Crippen LogP contribution in [0.1, 0.15) is 139 Å². The third-order valence-corrected chi connectivity index (χ3v) is 14.0. The molecule has 6 atom stereocenters. The van der Waals surface area contributed by atoms with Crippen molar-refractivity contribution < 1.29 is 28.7 Å². The van der Waals surface area contributed by atoms with Crippen LogP contribution < -0.4 is 15.5 Å². The Labute approximate surface area is 393 Å².